The van der Waals surface area contributed by atoms with Crippen LogP contribution in [0.15, 0.2) is 12.3 Å². The van der Waals surface area contributed by atoms with Gasteiger partial charge >= 0.3 is 0 Å². The Bertz CT molecular complexity index is 267. The van der Waals surface area contributed by atoms with Gasteiger partial charge in [-0.05, 0) is 26.0 Å². The molecule has 0 amide bonds. The monoisotopic (exact) mass is 193 g/mol. The number of rotatable bonds is 5. The van der Waals surface area contributed by atoms with Gasteiger partial charge in [-0.3, -0.25) is 0 Å². The summed E-state index contributed by atoms with van der Waals surface area (Å²) in [5, 5.41) is 3.44. The average molecular weight is 193 g/mol. The van der Waals surface area contributed by atoms with Gasteiger partial charge in [-0.1, -0.05) is 20.3 Å². The van der Waals surface area contributed by atoms with E-state index in [1.54, 1.807) is 0 Å². The molecular formula is C11H19N3. The molecule has 0 radical (unpaired) electrons. The van der Waals surface area contributed by atoms with Gasteiger partial charge in [0.2, 0.25) is 0 Å². The number of nitrogens with zero attached hydrogens (tertiary/aromatic N) is 2. The molecule has 1 heterocycles. The van der Waals surface area contributed by atoms with E-state index in [9.17, 15) is 0 Å². The molecule has 0 aliphatic carbocycles. The Labute approximate surface area is 86.0 Å². The number of aromatic nitrogens is 2. The Kier molecular flexibility index (Phi) is 4.53. The first kappa shape index (κ1) is 11.1. The van der Waals surface area contributed by atoms with E-state index in [1.165, 1.54) is 6.42 Å². The van der Waals surface area contributed by atoms with Gasteiger partial charge in [0.25, 0.3) is 0 Å². The van der Waals surface area contributed by atoms with Gasteiger partial charge in [-0.15, -0.1) is 0 Å². The lowest BCUT2D eigenvalue weighted by molar-refractivity contribution is 0.496. The third-order valence-corrected chi connectivity index (χ3v) is 2.18. The summed E-state index contributed by atoms with van der Waals surface area (Å²) in [5.74, 6) is 0.849. The predicted molar refractivity (Wildman–Crippen MR) is 58.1 cm³/mol. The SMILES string of the molecule is CCCC(NCC)c1ccnc(C)n1. The maximum atomic E-state index is 4.44. The maximum Gasteiger partial charge on any atom is 0.125 e. The fraction of sp³-hybridized carbons (Fsp3) is 0.636. The molecule has 0 aromatic carbocycles. The molecule has 0 fully saturated rings. The number of aryl methyl sites for hydroxylation is 1. The van der Waals surface area contributed by atoms with E-state index in [2.05, 4.69) is 29.1 Å². The van der Waals surface area contributed by atoms with E-state index in [-0.39, 0.29) is 0 Å². The fourth-order valence-corrected chi connectivity index (χ4v) is 1.56. The van der Waals surface area contributed by atoms with Crippen molar-refractivity contribution in [2.45, 2.75) is 39.7 Å². The summed E-state index contributed by atoms with van der Waals surface area (Å²) < 4.78 is 0. The molecule has 1 aromatic heterocycles. The second-order valence-electron chi connectivity index (χ2n) is 3.43. The van der Waals surface area contributed by atoms with Crippen molar-refractivity contribution in [2.75, 3.05) is 6.54 Å². The highest BCUT2D eigenvalue weighted by atomic mass is 15.0. The minimum Gasteiger partial charge on any atom is -0.309 e. The van der Waals surface area contributed by atoms with Gasteiger partial charge in [-0.2, -0.15) is 0 Å². The maximum absolute atomic E-state index is 4.44. The first-order valence-corrected chi connectivity index (χ1v) is 5.30. The van der Waals surface area contributed by atoms with Crippen LogP contribution in [0.3, 0.4) is 0 Å². The standard InChI is InChI=1S/C11H19N3/c1-4-6-10(12-5-2)11-7-8-13-9(3)14-11/h7-8,10,12H,4-6H2,1-3H3. The van der Waals surface area contributed by atoms with Crippen LogP contribution in [0.2, 0.25) is 0 Å². The van der Waals surface area contributed by atoms with E-state index in [4.69, 9.17) is 0 Å². The predicted octanol–water partition coefficient (Wildman–Crippen LogP) is 2.24. The second kappa shape index (κ2) is 5.70. The highest BCUT2D eigenvalue weighted by Gasteiger charge is 2.10. The zero-order valence-electron chi connectivity index (χ0n) is 9.25. The van der Waals surface area contributed by atoms with Crippen molar-refractivity contribution in [2.24, 2.45) is 0 Å². The van der Waals surface area contributed by atoms with Crippen molar-refractivity contribution in [1.29, 1.82) is 0 Å². The first-order valence-electron chi connectivity index (χ1n) is 5.30. The smallest absolute Gasteiger partial charge is 0.125 e. The van der Waals surface area contributed by atoms with E-state index in [0.717, 1.165) is 24.5 Å². The van der Waals surface area contributed by atoms with Crippen LogP contribution < -0.4 is 5.32 Å². The largest absolute Gasteiger partial charge is 0.309 e. The van der Waals surface area contributed by atoms with Crippen molar-refractivity contribution in [3.05, 3.63) is 23.8 Å². The summed E-state index contributed by atoms with van der Waals surface area (Å²) in [6.07, 6.45) is 4.13. The second-order valence-corrected chi connectivity index (χ2v) is 3.43. The van der Waals surface area contributed by atoms with Gasteiger partial charge in [0, 0.05) is 12.2 Å². The molecule has 0 aliphatic heterocycles. The summed E-state index contributed by atoms with van der Waals surface area (Å²) in [6.45, 7) is 7.22. The quantitative estimate of drug-likeness (QED) is 0.779. The minimum atomic E-state index is 0.381. The molecule has 1 aromatic rings. The number of hydrogen-bond donors (Lipinski definition) is 1. The molecule has 0 aliphatic rings. The first-order chi connectivity index (χ1) is 6.77. The molecule has 1 N–H and O–H groups in total. The van der Waals surface area contributed by atoms with Crippen LogP contribution in [0.5, 0.6) is 0 Å². The van der Waals surface area contributed by atoms with Crippen molar-refractivity contribution >= 4 is 0 Å². The molecule has 3 nitrogen and oxygen atoms in total. The van der Waals surface area contributed by atoms with Crippen LogP contribution in [0.25, 0.3) is 0 Å². The Morgan fingerprint density at radius 3 is 2.79 bits per heavy atom. The normalized spacial score (nSPS) is 12.8. The lowest BCUT2D eigenvalue weighted by Crippen LogP contribution is -2.22. The minimum absolute atomic E-state index is 0.381. The topological polar surface area (TPSA) is 37.8 Å². The molecular weight excluding hydrogens is 174 g/mol. The molecule has 0 bridgehead atoms. The van der Waals surface area contributed by atoms with Crippen molar-refractivity contribution in [3.63, 3.8) is 0 Å². The zero-order chi connectivity index (χ0) is 10.4. The van der Waals surface area contributed by atoms with Crippen LogP contribution >= 0.6 is 0 Å². The Balaban J connectivity index is 2.75. The highest BCUT2D eigenvalue weighted by molar-refractivity contribution is 5.07. The van der Waals surface area contributed by atoms with Gasteiger partial charge in [-0.25, -0.2) is 9.97 Å². The molecule has 14 heavy (non-hydrogen) atoms. The summed E-state index contributed by atoms with van der Waals surface area (Å²) >= 11 is 0. The lowest BCUT2D eigenvalue weighted by atomic mass is 10.1. The van der Waals surface area contributed by atoms with Crippen LogP contribution in [0.4, 0.5) is 0 Å². The highest BCUT2D eigenvalue weighted by Crippen LogP contribution is 2.15. The molecule has 1 rings (SSSR count). The molecule has 1 atom stereocenters. The molecule has 1 unspecified atom stereocenters. The van der Waals surface area contributed by atoms with Crippen molar-refractivity contribution < 1.29 is 0 Å². The van der Waals surface area contributed by atoms with E-state index < -0.39 is 0 Å². The molecule has 3 heteroatoms. The van der Waals surface area contributed by atoms with Crippen LogP contribution in [-0.2, 0) is 0 Å². The molecule has 0 saturated heterocycles. The van der Waals surface area contributed by atoms with Crippen LogP contribution in [-0.4, -0.2) is 16.5 Å². The lowest BCUT2D eigenvalue weighted by Gasteiger charge is -2.16. The number of hydrogen-bond acceptors (Lipinski definition) is 3. The summed E-state index contributed by atoms with van der Waals surface area (Å²) in [5.41, 5.74) is 1.11. The number of nitrogens with one attached hydrogen (secondary N) is 1. The van der Waals surface area contributed by atoms with Crippen LogP contribution in [0.1, 0.15) is 44.2 Å². The third-order valence-electron chi connectivity index (χ3n) is 2.18. The van der Waals surface area contributed by atoms with Crippen LogP contribution in [0, 0.1) is 6.92 Å². The van der Waals surface area contributed by atoms with E-state index >= 15 is 0 Å². The van der Waals surface area contributed by atoms with Gasteiger partial charge in [0.1, 0.15) is 5.82 Å². The Morgan fingerprint density at radius 2 is 2.21 bits per heavy atom. The van der Waals surface area contributed by atoms with Crippen molar-refractivity contribution in [1.82, 2.24) is 15.3 Å². The van der Waals surface area contributed by atoms with Crippen molar-refractivity contribution in [3.8, 4) is 0 Å². The Morgan fingerprint density at radius 1 is 1.43 bits per heavy atom. The fourth-order valence-electron chi connectivity index (χ4n) is 1.56. The molecule has 78 valence electrons. The summed E-state index contributed by atoms with van der Waals surface area (Å²) in [7, 11) is 0. The molecule has 0 spiro atoms. The van der Waals surface area contributed by atoms with Gasteiger partial charge in [0.05, 0.1) is 5.69 Å². The van der Waals surface area contributed by atoms with E-state index in [0.29, 0.717) is 6.04 Å². The van der Waals surface area contributed by atoms with E-state index in [1.807, 2.05) is 19.2 Å². The summed E-state index contributed by atoms with van der Waals surface area (Å²) in [4.78, 5) is 8.54. The Hall–Kier alpha value is -0.960. The molecule has 0 saturated carbocycles. The third kappa shape index (κ3) is 3.07. The summed E-state index contributed by atoms with van der Waals surface area (Å²) in [6, 6.07) is 2.38. The average Bonchev–Trinajstić information content (AvgIpc) is 2.17. The van der Waals surface area contributed by atoms with Gasteiger partial charge < -0.3 is 5.32 Å². The zero-order valence-corrected chi connectivity index (χ0v) is 9.25. The van der Waals surface area contributed by atoms with Gasteiger partial charge in [0.15, 0.2) is 0 Å².